The van der Waals surface area contributed by atoms with Crippen molar-refractivity contribution in [2.75, 3.05) is 32.9 Å². The molecule has 2 atom stereocenters. The first kappa shape index (κ1) is 17.9. The van der Waals surface area contributed by atoms with Crippen molar-refractivity contribution in [3.8, 4) is 5.75 Å². The van der Waals surface area contributed by atoms with Crippen molar-refractivity contribution in [3.63, 3.8) is 0 Å². The normalized spacial score (nSPS) is 26.0. The molecule has 0 aliphatic carbocycles. The van der Waals surface area contributed by atoms with Gasteiger partial charge < -0.3 is 24.8 Å². The summed E-state index contributed by atoms with van der Waals surface area (Å²) < 4.78 is 25.4. The van der Waals surface area contributed by atoms with Crippen molar-refractivity contribution < 1.29 is 23.8 Å². The van der Waals surface area contributed by atoms with Gasteiger partial charge in [-0.25, -0.2) is 9.18 Å². The molecule has 2 fully saturated rings. The fourth-order valence-corrected chi connectivity index (χ4v) is 3.12. The molecule has 0 saturated carbocycles. The number of aryl methyl sites for hydroxylation is 1. The number of benzene rings is 1. The zero-order valence-corrected chi connectivity index (χ0v) is 14.5. The molecule has 0 aromatic heterocycles. The number of ether oxygens (including phenoxy) is 2. The van der Waals surface area contributed by atoms with E-state index in [1.165, 1.54) is 4.90 Å². The van der Waals surface area contributed by atoms with Gasteiger partial charge in [0.25, 0.3) is 0 Å². The maximum absolute atomic E-state index is 14.0. The summed E-state index contributed by atoms with van der Waals surface area (Å²) in [6.45, 7) is 3.24. The average Bonchev–Trinajstić information content (AvgIpc) is 3.24. The summed E-state index contributed by atoms with van der Waals surface area (Å²) in [5, 5.41) is 11.9. The Hall–Kier alpha value is -1.86. The first-order chi connectivity index (χ1) is 12.0. The van der Waals surface area contributed by atoms with Gasteiger partial charge in [0.2, 0.25) is 0 Å². The number of hydrogen-bond acceptors (Lipinski definition) is 4. The van der Waals surface area contributed by atoms with E-state index in [0.29, 0.717) is 26.3 Å². The number of hydrogen-bond donors (Lipinski definition) is 2. The fourth-order valence-electron chi connectivity index (χ4n) is 3.12. The molecule has 2 saturated heterocycles. The van der Waals surface area contributed by atoms with Gasteiger partial charge in [0.15, 0.2) is 5.67 Å². The molecular weight excluding hydrogens is 327 g/mol. The molecule has 2 aliphatic rings. The second-order valence-corrected chi connectivity index (χ2v) is 6.85. The van der Waals surface area contributed by atoms with Crippen LogP contribution in [0.2, 0.25) is 0 Å². The third kappa shape index (κ3) is 4.41. The van der Waals surface area contributed by atoms with E-state index in [4.69, 9.17) is 14.6 Å². The van der Waals surface area contributed by atoms with E-state index in [1.54, 1.807) is 0 Å². The Morgan fingerprint density at radius 1 is 1.56 bits per heavy atom. The third-order valence-electron chi connectivity index (χ3n) is 4.71. The van der Waals surface area contributed by atoms with Crippen LogP contribution in [0.1, 0.15) is 24.0 Å². The van der Waals surface area contributed by atoms with E-state index in [1.807, 2.05) is 25.1 Å². The molecule has 2 N–H and O–H groups in total. The quantitative estimate of drug-likeness (QED) is 0.847. The van der Waals surface area contributed by atoms with Gasteiger partial charge in [-0.3, -0.25) is 0 Å². The van der Waals surface area contributed by atoms with Gasteiger partial charge >= 0.3 is 6.03 Å². The lowest BCUT2D eigenvalue weighted by Crippen LogP contribution is -2.41. The third-order valence-corrected chi connectivity index (χ3v) is 4.71. The largest absolute Gasteiger partial charge is 0.488 e. The minimum absolute atomic E-state index is 0.0338. The van der Waals surface area contributed by atoms with Crippen LogP contribution in [0.5, 0.6) is 5.75 Å². The number of carbonyl (C=O) groups is 1. The Balaban J connectivity index is 1.60. The van der Waals surface area contributed by atoms with Gasteiger partial charge in [0, 0.05) is 31.5 Å². The highest BCUT2D eigenvalue weighted by molar-refractivity contribution is 5.74. The van der Waals surface area contributed by atoms with Crippen LogP contribution in [-0.4, -0.2) is 60.7 Å². The first-order valence-electron chi connectivity index (χ1n) is 8.65. The summed E-state index contributed by atoms with van der Waals surface area (Å²) in [5.74, 6) is 0.743. The predicted octanol–water partition coefficient (Wildman–Crippen LogP) is 1.78. The summed E-state index contributed by atoms with van der Waals surface area (Å²) >= 11 is 0. The number of nitrogens with one attached hydrogen (secondary N) is 1. The summed E-state index contributed by atoms with van der Waals surface area (Å²) in [7, 11) is 0. The van der Waals surface area contributed by atoms with Crippen LogP contribution in [-0.2, 0) is 11.3 Å². The zero-order chi connectivity index (χ0) is 17.9. The summed E-state index contributed by atoms with van der Waals surface area (Å²) in [6.07, 6.45) is 1.05. The topological polar surface area (TPSA) is 71.0 Å². The molecule has 0 spiro atoms. The second-order valence-electron chi connectivity index (χ2n) is 6.85. The number of urea groups is 1. The Labute approximate surface area is 146 Å². The molecule has 2 amide bonds. The maximum atomic E-state index is 14.0. The van der Waals surface area contributed by atoms with E-state index in [0.717, 1.165) is 23.3 Å². The molecule has 2 heterocycles. The van der Waals surface area contributed by atoms with Gasteiger partial charge in [-0.2, -0.15) is 0 Å². The molecule has 138 valence electrons. The SMILES string of the molecule is Cc1ccc(CNC(=O)N2CCC(F)(CO)C2)c(OC2CCOC2)c1. The molecule has 2 unspecified atom stereocenters. The highest BCUT2D eigenvalue weighted by Crippen LogP contribution is 2.26. The molecule has 2 aliphatic heterocycles. The van der Waals surface area contributed by atoms with Gasteiger partial charge in [-0.1, -0.05) is 12.1 Å². The average molecular weight is 352 g/mol. The smallest absolute Gasteiger partial charge is 0.317 e. The van der Waals surface area contributed by atoms with Crippen LogP contribution in [0.3, 0.4) is 0 Å². The minimum Gasteiger partial charge on any atom is -0.488 e. The molecule has 7 heteroatoms. The molecule has 25 heavy (non-hydrogen) atoms. The van der Waals surface area contributed by atoms with Crippen molar-refractivity contribution in [1.29, 1.82) is 0 Å². The monoisotopic (exact) mass is 352 g/mol. The van der Waals surface area contributed by atoms with Crippen LogP contribution < -0.4 is 10.1 Å². The highest BCUT2D eigenvalue weighted by atomic mass is 19.1. The minimum atomic E-state index is -1.68. The summed E-state index contributed by atoms with van der Waals surface area (Å²) in [6, 6.07) is 5.52. The van der Waals surface area contributed by atoms with Gasteiger partial charge in [-0.05, 0) is 18.6 Å². The van der Waals surface area contributed by atoms with Crippen molar-refractivity contribution in [2.45, 2.75) is 38.1 Å². The summed E-state index contributed by atoms with van der Waals surface area (Å²) in [4.78, 5) is 13.6. The van der Waals surface area contributed by atoms with E-state index < -0.39 is 12.3 Å². The molecule has 3 rings (SSSR count). The van der Waals surface area contributed by atoms with Gasteiger partial charge in [0.1, 0.15) is 11.9 Å². The van der Waals surface area contributed by atoms with Crippen molar-refractivity contribution in [2.24, 2.45) is 0 Å². The molecular formula is C18H25FN2O4. The first-order valence-corrected chi connectivity index (χ1v) is 8.65. The number of halogens is 1. The van der Waals surface area contributed by atoms with Crippen LogP contribution in [0.25, 0.3) is 0 Å². The number of aliphatic hydroxyl groups is 1. The van der Waals surface area contributed by atoms with Crippen molar-refractivity contribution in [3.05, 3.63) is 29.3 Å². The Kier molecular flexibility index (Phi) is 5.44. The lowest BCUT2D eigenvalue weighted by Gasteiger charge is -2.20. The number of nitrogens with zero attached hydrogens (tertiary/aromatic N) is 1. The van der Waals surface area contributed by atoms with E-state index in [2.05, 4.69) is 5.32 Å². The fraction of sp³-hybridized carbons (Fsp3) is 0.611. The number of likely N-dealkylation sites (tertiary alicyclic amines) is 1. The number of rotatable bonds is 5. The number of alkyl halides is 1. The van der Waals surface area contributed by atoms with Crippen molar-refractivity contribution in [1.82, 2.24) is 10.2 Å². The number of amides is 2. The molecule has 6 nitrogen and oxygen atoms in total. The van der Waals surface area contributed by atoms with E-state index >= 15 is 0 Å². The zero-order valence-electron chi connectivity index (χ0n) is 14.5. The number of carbonyl (C=O) groups excluding carboxylic acids is 1. The van der Waals surface area contributed by atoms with Crippen LogP contribution >= 0.6 is 0 Å². The Morgan fingerprint density at radius 3 is 3.08 bits per heavy atom. The van der Waals surface area contributed by atoms with Crippen LogP contribution in [0.15, 0.2) is 18.2 Å². The van der Waals surface area contributed by atoms with Crippen LogP contribution in [0, 0.1) is 6.92 Å². The van der Waals surface area contributed by atoms with Gasteiger partial charge in [0.05, 0.1) is 26.4 Å². The molecule has 1 aromatic rings. The maximum Gasteiger partial charge on any atom is 0.317 e. The number of aliphatic hydroxyl groups excluding tert-OH is 1. The molecule has 0 radical (unpaired) electrons. The highest BCUT2D eigenvalue weighted by Gasteiger charge is 2.39. The van der Waals surface area contributed by atoms with Crippen molar-refractivity contribution >= 4 is 6.03 Å². The van der Waals surface area contributed by atoms with Gasteiger partial charge in [-0.15, -0.1) is 0 Å². The predicted molar refractivity (Wildman–Crippen MR) is 90.4 cm³/mol. The van der Waals surface area contributed by atoms with E-state index in [-0.39, 0.29) is 25.1 Å². The molecule has 1 aromatic carbocycles. The Morgan fingerprint density at radius 2 is 2.40 bits per heavy atom. The standard InChI is InChI=1S/C18H25FN2O4/c1-13-2-3-14(16(8-13)25-15-4-7-24-10-15)9-20-17(23)21-6-5-18(19,11-21)12-22/h2-3,8,15,22H,4-7,9-12H2,1H3,(H,20,23). The van der Waals surface area contributed by atoms with E-state index in [9.17, 15) is 9.18 Å². The lowest BCUT2D eigenvalue weighted by molar-refractivity contribution is 0.0805. The lowest BCUT2D eigenvalue weighted by atomic mass is 10.1. The Bertz CT molecular complexity index is 621. The second kappa shape index (κ2) is 7.58. The van der Waals surface area contributed by atoms with Crippen LogP contribution in [0.4, 0.5) is 9.18 Å². The summed E-state index contributed by atoms with van der Waals surface area (Å²) in [5.41, 5.74) is 0.269. The molecule has 0 bridgehead atoms.